The van der Waals surface area contributed by atoms with E-state index in [4.69, 9.17) is 0 Å². The molecule has 0 aromatic rings. The molecule has 1 amide bonds. The first-order valence-electron chi connectivity index (χ1n) is 7.45. The minimum atomic E-state index is 0.198. The quantitative estimate of drug-likeness (QED) is 0.823. The van der Waals surface area contributed by atoms with Crippen molar-refractivity contribution in [3.05, 3.63) is 0 Å². The molecular formula is C15H31N3O. The Balaban J connectivity index is 2.28. The number of carbonyl (C=O) groups is 1. The molecule has 0 aliphatic carbocycles. The van der Waals surface area contributed by atoms with Crippen molar-refractivity contribution in [2.45, 2.75) is 45.6 Å². The standard InChI is InChI=1S/C15H31N3O/c1-15(2,3)16-11-13-7-6-9-18(12-13)10-8-14(19)17(4)5/h13,16H,6-12H2,1-5H3. The van der Waals surface area contributed by atoms with Crippen molar-refractivity contribution in [1.82, 2.24) is 15.1 Å². The molecule has 19 heavy (non-hydrogen) atoms. The fourth-order valence-electron chi connectivity index (χ4n) is 2.45. The summed E-state index contributed by atoms with van der Waals surface area (Å²) in [5.41, 5.74) is 0.198. The van der Waals surface area contributed by atoms with Crippen LogP contribution in [0.3, 0.4) is 0 Å². The first-order valence-corrected chi connectivity index (χ1v) is 7.45. The fraction of sp³-hybridized carbons (Fsp3) is 0.933. The van der Waals surface area contributed by atoms with Crippen LogP contribution in [0.5, 0.6) is 0 Å². The van der Waals surface area contributed by atoms with Crippen molar-refractivity contribution in [2.75, 3.05) is 40.3 Å². The molecule has 4 nitrogen and oxygen atoms in total. The Morgan fingerprint density at radius 3 is 2.63 bits per heavy atom. The summed E-state index contributed by atoms with van der Waals surface area (Å²) in [6.45, 7) is 10.9. The molecule has 1 rings (SSSR count). The van der Waals surface area contributed by atoms with Gasteiger partial charge in [-0.15, -0.1) is 0 Å². The molecule has 1 atom stereocenters. The summed E-state index contributed by atoms with van der Waals surface area (Å²) in [5.74, 6) is 0.956. The molecule has 1 saturated heterocycles. The average Bonchev–Trinajstić information content (AvgIpc) is 2.33. The number of carbonyl (C=O) groups excluding carboxylic acids is 1. The summed E-state index contributed by atoms with van der Waals surface area (Å²) >= 11 is 0. The van der Waals surface area contributed by atoms with Gasteiger partial charge in [-0.05, 0) is 52.6 Å². The molecule has 1 aliphatic heterocycles. The Morgan fingerprint density at radius 1 is 1.37 bits per heavy atom. The molecular weight excluding hydrogens is 238 g/mol. The third-order valence-electron chi connectivity index (χ3n) is 3.66. The van der Waals surface area contributed by atoms with Crippen LogP contribution in [0.2, 0.25) is 0 Å². The van der Waals surface area contributed by atoms with Crippen LogP contribution in [0, 0.1) is 5.92 Å². The lowest BCUT2D eigenvalue weighted by atomic mass is 9.96. The normalized spacial score (nSPS) is 21.4. The molecule has 0 bridgehead atoms. The van der Waals surface area contributed by atoms with Gasteiger partial charge in [0.25, 0.3) is 0 Å². The molecule has 112 valence electrons. The Morgan fingerprint density at radius 2 is 2.05 bits per heavy atom. The van der Waals surface area contributed by atoms with Crippen molar-refractivity contribution < 1.29 is 4.79 Å². The summed E-state index contributed by atoms with van der Waals surface area (Å²) < 4.78 is 0. The zero-order chi connectivity index (χ0) is 14.5. The van der Waals surface area contributed by atoms with E-state index in [1.807, 2.05) is 14.1 Å². The molecule has 0 aromatic carbocycles. The monoisotopic (exact) mass is 269 g/mol. The molecule has 4 heteroatoms. The van der Waals surface area contributed by atoms with Crippen LogP contribution < -0.4 is 5.32 Å². The highest BCUT2D eigenvalue weighted by Gasteiger charge is 2.21. The third-order valence-corrected chi connectivity index (χ3v) is 3.66. The summed E-state index contributed by atoms with van der Waals surface area (Å²) in [7, 11) is 3.66. The Labute approximate surface area is 118 Å². The highest BCUT2D eigenvalue weighted by Crippen LogP contribution is 2.17. The number of hydrogen-bond acceptors (Lipinski definition) is 3. The highest BCUT2D eigenvalue weighted by molar-refractivity contribution is 5.75. The van der Waals surface area contributed by atoms with Crippen LogP contribution in [-0.4, -0.2) is 61.5 Å². The topological polar surface area (TPSA) is 35.6 Å². The molecule has 0 aromatic heterocycles. The van der Waals surface area contributed by atoms with Crippen LogP contribution >= 0.6 is 0 Å². The van der Waals surface area contributed by atoms with Gasteiger partial charge in [0.2, 0.25) is 5.91 Å². The zero-order valence-electron chi connectivity index (χ0n) is 13.3. The average molecular weight is 269 g/mol. The SMILES string of the molecule is CN(C)C(=O)CCN1CCCC(CNC(C)(C)C)C1. The van der Waals surface area contributed by atoms with Gasteiger partial charge < -0.3 is 15.1 Å². The van der Waals surface area contributed by atoms with E-state index in [0.29, 0.717) is 6.42 Å². The molecule has 1 fully saturated rings. The van der Waals surface area contributed by atoms with Crippen LogP contribution in [0.25, 0.3) is 0 Å². The second-order valence-corrected chi connectivity index (χ2v) is 6.98. The largest absolute Gasteiger partial charge is 0.349 e. The minimum absolute atomic E-state index is 0.198. The van der Waals surface area contributed by atoms with Crippen LogP contribution in [0.15, 0.2) is 0 Å². The Hall–Kier alpha value is -0.610. The van der Waals surface area contributed by atoms with Crippen LogP contribution in [0.1, 0.15) is 40.0 Å². The number of rotatable bonds is 5. The van der Waals surface area contributed by atoms with Gasteiger partial charge in [-0.2, -0.15) is 0 Å². The summed E-state index contributed by atoms with van der Waals surface area (Å²) in [6.07, 6.45) is 3.21. The van der Waals surface area contributed by atoms with Gasteiger partial charge in [-0.1, -0.05) is 0 Å². The number of nitrogens with zero attached hydrogens (tertiary/aromatic N) is 2. The van der Waals surface area contributed by atoms with Crippen molar-refractivity contribution in [1.29, 1.82) is 0 Å². The molecule has 1 aliphatic rings. The molecule has 1 unspecified atom stereocenters. The number of piperidine rings is 1. The van der Waals surface area contributed by atoms with Crippen LogP contribution in [-0.2, 0) is 4.79 Å². The van der Waals surface area contributed by atoms with E-state index in [1.165, 1.54) is 12.8 Å². The van der Waals surface area contributed by atoms with Gasteiger partial charge in [-0.25, -0.2) is 0 Å². The first-order chi connectivity index (χ1) is 8.78. The lowest BCUT2D eigenvalue weighted by Crippen LogP contribution is -2.45. The number of nitrogens with one attached hydrogen (secondary N) is 1. The lowest BCUT2D eigenvalue weighted by Gasteiger charge is -2.34. The third kappa shape index (κ3) is 6.92. The van der Waals surface area contributed by atoms with Crippen LogP contribution in [0.4, 0.5) is 0 Å². The predicted molar refractivity (Wildman–Crippen MR) is 80.2 cm³/mol. The van der Waals surface area contributed by atoms with E-state index in [9.17, 15) is 4.79 Å². The van der Waals surface area contributed by atoms with E-state index in [0.717, 1.165) is 32.1 Å². The fourth-order valence-corrected chi connectivity index (χ4v) is 2.45. The van der Waals surface area contributed by atoms with E-state index in [2.05, 4.69) is 31.0 Å². The molecule has 0 radical (unpaired) electrons. The predicted octanol–water partition coefficient (Wildman–Crippen LogP) is 1.56. The minimum Gasteiger partial charge on any atom is -0.349 e. The van der Waals surface area contributed by atoms with Gasteiger partial charge in [0.05, 0.1) is 0 Å². The molecule has 0 saturated carbocycles. The van der Waals surface area contributed by atoms with Crippen molar-refractivity contribution in [3.8, 4) is 0 Å². The van der Waals surface area contributed by atoms with E-state index < -0.39 is 0 Å². The van der Waals surface area contributed by atoms with Gasteiger partial charge in [-0.3, -0.25) is 4.79 Å². The first kappa shape index (κ1) is 16.4. The lowest BCUT2D eigenvalue weighted by molar-refractivity contribution is -0.129. The summed E-state index contributed by atoms with van der Waals surface area (Å²) in [4.78, 5) is 15.7. The summed E-state index contributed by atoms with van der Waals surface area (Å²) in [6, 6.07) is 0. The Bertz CT molecular complexity index is 284. The van der Waals surface area contributed by atoms with E-state index in [-0.39, 0.29) is 11.4 Å². The maximum absolute atomic E-state index is 11.6. The molecule has 1 N–H and O–H groups in total. The van der Waals surface area contributed by atoms with Crippen molar-refractivity contribution >= 4 is 5.91 Å². The zero-order valence-corrected chi connectivity index (χ0v) is 13.3. The van der Waals surface area contributed by atoms with Gasteiger partial charge in [0, 0.05) is 39.1 Å². The van der Waals surface area contributed by atoms with Gasteiger partial charge in [0.15, 0.2) is 0 Å². The van der Waals surface area contributed by atoms with E-state index in [1.54, 1.807) is 4.90 Å². The van der Waals surface area contributed by atoms with Crippen molar-refractivity contribution in [3.63, 3.8) is 0 Å². The molecule has 0 spiro atoms. The second-order valence-electron chi connectivity index (χ2n) is 6.98. The molecule has 1 heterocycles. The smallest absolute Gasteiger partial charge is 0.223 e. The highest BCUT2D eigenvalue weighted by atomic mass is 16.2. The van der Waals surface area contributed by atoms with E-state index >= 15 is 0 Å². The number of likely N-dealkylation sites (tertiary alicyclic amines) is 1. The second kappa shape index (κ2) is 7.25. The Kier molecular flexibility index (Phi) is 6.27. The maximum atomic E-state index is 11.6. The number of amides is 1. The van der Waals surface area contributed by atoms with Gasteiger partial charge in [0.1, 0.15) is 0 Å². The van der Waals surface area contributed by atoms with Crippen molar-refractivity contribution in [2.24, 2.45) is 5.92 Å². The van der Waals surface area contributed by atoms with Gasteiger partial charge >= 0.3 is 0 Å². The number of hydrogen-bond donors (Lipinski definition) is 1. The summed E-state index contributed by atoms with van der Waals surface area (Å²) in [5, 5.41) is 3.59. The maximum Gasteiger partial charge on any atom is 0.223 e.